The van der Waals surface area contributed by atoms with Crippen LogP contribution in [-0.4, -0.2) is 26.2 Å². The first-order chi connectivity index (χ1) is 8.97. The van der Waals surface area contributed by atoms with E-state index in [2.05, 4.69) is 25.7 Å². The van der Waals surface area contributed by atoms with Crippen LogP contribution in [0.15, 0.2) is 4.52 Å². The lowest BCUT2D eigenvalue weighted by Crippen LogP contribution is -2.29. The van der Waals surface area contributed by atoms with Crippen LogP contribution in [0.2, 0.25) is 0 Å². The summed E-state index contributed by atoms with van der Waals surface area (Å²) in [6, 6.07) is -0.238. The zero-order chi connectivity index (χ0) is 14.0. The van der Waals surface area contributed by atoms with Gasteiger partial charge in [0.2, 0.25) is 5.91 Å². The summed E-state index contributed by atoms with van der Waals surface area (Å²) in [6.45, 7) is 7.27. The largest absolute Gasteiger partial charge is 0.361 e. The van der Waals surface area contributed by atoms with Crippen molar-refractivity contribution in [1.82, 2.24) is 25.7 Å². The Morgan fingerprint density at radius 1 is 1.42 bits per heavy atom. The summed E-state index contributed by atoms with van der Waals surface area (Å²) in [5.41, 5.74) is 1.57. The number of carbonyl (C=O) groups is 1. The Kier molecular flexibility index (Phi) is 3.64. The number of H-pyrrole nitrogens is 1. The molecule has 0 fully saturated rings. The van der Waals surface area contributed by atoms with Gasteiger partial charge in [0.05, 0.1) is 18.2 Å². The lowest BCUT2D eigenvalue weighted by Gasteiger charge is -2.10. The highest BCUT2D eigenvalue weighted by Crippen LogP contribution is 2.13. The van der Waals surface area contributed by atoms with Crippen molar-refractivity contribution < 1.29 is 9.32 Å². The second-order valence-electron chi connectivity index (χ2n) is 4.55. The number of nitrogens with one attached hydrogen (secondary N) is 2. The molecule has 2 aromatic rings. The monoisotopic (exact) mass is 263 g/mol. The van der Waals surface area contributed by atoms with Crippen molar-refractivity contribution in [1.29, 1.82) is 0 Å². The molecule has 1 amide bonds. The van der Waals surface area contributed by atoms with Gasteiger partial charge in [-0.25, -0.2) is 4.98 Å². The van der Waals surface area contributed by atoms with E-state index in [0.29, 0.717) is 11.6 Å². The van der Waals surface area contributed by atoms with Gasteiger partial charge < -0.3 is 9.84 Å². The third-order valence-corrected chi connectivity index (χ3v) is 2.90. The van der Waals surface area contributed by atoms with E-state index in [4.69, 9.17) is 4.52 Å². The van der Waals surface area contributed by atoms with Crippen molar-refractivity contribution >= 4 is 5.91 Å². The first-order valence-electron chi connectivity index (χ1n) is 6.07. The summed E-state index contributed by atoms with van der Waals surface area (Å²) in [7, 11) is 0. The van der Waals surface area contributed by atoms with Gasteiger partial charge in [-0.2, -0.15) is 5.10 Å². The highest BCUT2D eigenvalue weighted by atomic mass is 16.5. The van der Waals surface area contributed by atoms with E-state index < -0.39 is 0 Å². The van der Waals surface area contributed by atoms with E-state index in [9.17, 15) is 4.79 Å². The smallest absolute Gasteiger partial charge is 0.225 e. The van der Waals surface area contributed by atoms with Gasteiger partial charge in [0, 0.05) is 5.56 Å². The minimum atomic E-state index is -0.238. The van der Waals surface area contributed by atoms with Gasteiger partial charge >= 0.3 is 0 Å². The van der Waals surface area contributed by atoms with Gasteiger partial charge in [0.1, 0.15) is 11.6 Å². The van der Waals surface area contributed by atoms with E-state index >= 15 is 0 Å². The standard InChI is InChI=1S/C12H17N5O2/c1-6-10(8(3)19-17-6)5-11(18)13-7(2)12-14-9(4)15-16-12/h7H,5H2,1-4H3,(H,13,18)(H,14,15,16). The van der Waals surface area contributed by atoms with E-state index in [-0.39, 0.29) is 18.4 Å². The number of hydrogen-bond donors (Lipinski definition) is 2. The maximum atomic E-state index is 12.0. The van der Waals surface area contributed by atoms with Crippen molar-refractivity contribution in [2.75, 3.05) is 0 Å². The summed E-state index contributed by atoms with van der Waals surface area (Å²) >= 11 is 0. The number of nitrogens with zero attached hydrogens (tertiary/aromatic N) is 3. The number of aromatic amines is 1. The predicted octanol–water partition coefficient (Wildman–Crippen LogP) is 1.14. The fourth-order valence-electron chi connectivity index (χ4n) is 1.83. The fraction of sp³-hybridized carbons (Fsp3) is 0.500. The van der Waals surface area contributed by atoms with E-state index in [1.807, 2.05) is 20.8 Å². The summed E-state index contributed by atoms with van der Waals surface area (Å²) in [5, 5.41) is 13.4. The molecule has 0 bridgehead atoms. The fourth-order valence-corrected chi connectivity index (χ4v) is 1.83. The molecule has 2 aromatic heterocycles. The highest BCUT2D eigenvalue weighted by molar-refractivity contribution is 5.79. The second-order valence-corrected chi connectivity index (χ2v) is 4.55. The zero-order valence-electron chi connectivity index (χ0n) is 11.4. The Balaban J connectivity index is 1.98. The zero-order valence-corrected chi connectivity index (χ0v) is 11.4. The van der Waals surface area contributed by atoms with Crippen LogP contribution in [0.4, 0.5) is 0 Å². The molecule has 0 spiro atoms. The van der Waals surface area contributed by atoms with Crippen LogP contribution in [-0.2, 0) is 11.2 Å². The van der Waals surface area contributed by atoms with Crippen LogP contribution < -0.4 is 5.32 Å². The minimum Gasteiger partial charge on any atom is -0.361 e. The van der Waals surface area contributed by atoms with E-state index in [1.165, 1.54) is 0 Å². The number of hydrogen-bond acceptors (Lipinski definition) is 5. The molecule has 1 unspecified atom stereocenters. The third-order valence-electron chi connectivity index (χ3n) is 2.90. The Morgan fingerprint density at radius 2 is 2.16 bits per heavy atom. The van der Waals surface area contributed by atoms with Crippen molar-refractivity contribution in [3.63, 3.8) is 0 Å². The molecule has 0 saturated heterocycles. The van der Waals surface area contributed by atoms with Crippen LogP contribution >= 0.6 is 0 Å². The molecule has 19 heavy (non-hydrogen) atoms. The molecule has 0 radical (unpaired) electrons. The normalized spacial score (nSPS) is 12.4. The number of carbonyl (C=O) groups excluding carboxylic acids is 1. The minimum absolute atomic E-state index is 0.107. The molecule has 0 aliphatic carbocycles. The Bertz CT molecular complexity index is 567. The van der Waals surface area contributed by atoms with Crippen molar-refractivity contribution in [3.05, 3.63) is 28.7 Å². The van der Waals surface area contributed by atoms with Gasteiger partial charge in [0.25, 0.3) is 0 Å². The maximum Gasteiger partial charge on any atom is 0.225 e. The van der Waals surface area contributed by atoms with Gasteiger partial charge in [-0.15, -0.1) is 0 Å². The molecular weight excluding hydrogens is 246 g/mol. The van der Waals surface area contributed by atoms with Crippen LogP contribution in [0.5, 0.6) is 0 Å². The molecule has 7 nitrogen and oxygen atoms in total. The van der Waals surface area contributed by atoms with Crippen LogP contribution in [0.3, 0.4) is 0 Å². The molecule has 0 aromatic carbocycles. The Hall–Kier alpha value is -2.18. The first kappa shape index (κ1) is 13.3. The first-order valence-corrected chi connectivity index (χ1v) is 6.07. The SMILES string of the molecule is Cc1nc(C(C)NC(=O)Cc2c(C)noc2C)n[nH]1. The topological polar surface area (TPSA) is 96.7 Å². The molecule has 2 heterocycles. The maximum absolute atomic E-state index is 12.0. The van der Waals surface area contributed by atoms with Crippen LogP contribution in [0, 0.1) is 20.8 Å². The summed E-state index contributed by atoms with van der Waals surface area (Å²) in [6.07, 6.45) is 0.245. The third kappa shape index (κ3) is 2.98. The van der Waals surface area contributed by atoms with Gasteiger partial charge in [0.15, 0.2) is 5.82 Å². The Morgan fingerprint density at radius 3 is 2.68 bits per heavy atom. The van der Waals surface area contributed by atoms with E-state index in [0.717, 1.165) is 17.1 Å². The molecule has 2 rings (SSSR count). The van der Waals surface area contributed by atoms with Crippen LogP contribution in [0.25, 0.3) is 0 Å². The van der Waals surface area contributed by atoms with Crippen molar-refractivity contribution in [2.45, 2.75) is 40.2 Å². The summed E-state index contributed by atoms with van der Waals surface area (Å²) < 4.78 is 5.03. The van der Waals surface area contributed by atoms with Gasteiger partial charge in [-0.1, -0.05) is 5.16 Å². The molecule has 0 aliphatic heterocycles. The molecule has 0 saturated carbocycles. The van der Waals surface area contributed by atoms with Gasteiger partial charge in [-0.05, 0) is 27.7 Å². The summed E-state index contributed by atoms with van der Waals surface area (Å²) in [4.78, 5) is 16.1. The number of aromatic nitrogens is 4. The summed E-state index contributed by atoms with van der Waals surface area (Å²) in [5.74, 6) is 1.87. The number of amides is 1. The molecular formula is C12H17N5O2. The molecule has 7 heteroatoms. The van der Waals surface area contributed by atoms with Crippen molar-refractivity contribution in [2.24, 2.45) is 0 Å². The molecule has 102 valence electrons. The second kappa shape index (κ2) is 5.21. The predicted molar refractivity (Wildman–Crippen MR) is 67.4 cm³/mol. The lowest BCUT2D eigenvalue weighted by atomic mass is 10.1. The van der Waals surface area contributed by atoms with Crippen molar-refractivity contribution in [3.8, 4) is 0 Å². The molecule has 0 aliphatic rings. The lowest BCUT2D eigenvalue weighted by molar-refractivity contribution is -0.121. The average Bonchev–Trinajstić information content (AvgIpc) is 2.90. The Labute approximate surface area is 110 Å². The molecule has 2 N–H and O–H groups in total. The quantitative estimate of drug-likeness (QED) is 0.862. The highest BCUT2D eigenvalue weighted by Gasteiger charge is 2.17. The average molecular weight is 263 g/mol. The van der Waals surface area contributed by atoms with E-state index in [1.54, 1.807) is 6.92 Å². The molecule has 1 atom stereocenters. The van der Waals surface area contributed by atoms with Crippen LogP contribution in [0.1, 0.15) is 41.6 Å². The number of rotatable bonds is 4. The van der Waals surface area contributed by atoms with Gasteiger partial charge in [-0.3, -0.25) is 9.89 Å². The number of aryl methyl sites for hydroxylation is 3.